The molecule has 2 atom stereocenters. The fourth-order valence-electron chi connectivity index (χ4n) is 3.31. The third-order valence-electron chi connectivity index (χ3n) is 4.70. The van der Waals surface area contributed by atoms with Crippen molar-refractivity contribution in [2.75, 3.05) is 25.2 Å². The van der Waals surface area contributed by atoms with Crippen LogP contribution in [-0.4, -0.2) is 58.1 Å². The summed E-state index contributed by atoms with van der Waals surface area (Å²) >= 11 is 3.71. The van der Waals surface area contributed by atoms with Crippen LogP contribution < -0.4 is 5.73 Å². The van der Waals surface area contributed by atoms with Crippen LogP contribution in [0.25, 0.3) is 0 Å². The predicted molar refractivity (Wildman–Crippen MR) is 108 cm³/mol. The zero-order chi connectivity index (χ0) is 19.0. The second-order valence-electron chi connectivity index (χ2n) is 6.63. The Labute approximate surface area is 161 Å². The topological polar surface area (TPSA) is 72.6 Å². The van der Waals surface area contributed by atoms with Crippen LogP contribution in [0, 0.1) is 5.92 Å². The molecule has 0 aromatic heterocycles. The smallest absolute Gasteiger partial charge is 0.328 e. The number of methoxy groups -OCH3 is 1. The number of hydrogen-bond donors (Lipinski definition) is 1. The molecule has 2 heterocycles. The SMILES string of the molecule is CCC.CCC(CC)C(N)C(=O)N1CC2(C[C@H]1C(=O)OC)SCCS2. The highest BCUT2D eigenvalue weighted by atomic mass is 32.2. The number of amides is 1. The monoisotopic (exact) mass is 390 g/mol. The van der Waals surface area contributed by atoms with Gasteiger partial charge in [0.05, 0.1) is 17.2 Å². The Kier molecular flexibility index (Phi) is 9.67. The number of hydrogen-bond acceptors (Lipinski definition) is 6. The zero-order valence-electron chi connectivity index (χ0n) is 16.2. The molecule has 5 nitrogen and oxygen atoms in total. The summed E-state index contributed by atoms with van der Waals surface area (Å²) in [6.07, 6.45) is 3.65. The molecular weight excluding hydrogens is 356 g/mol. The van der Waals surface area contributed by atoms with Crippen molar-refractivity contribution in [1.29, 1.82) is 0 Å². The molecular formula is C18H34N2O3S2. The summed E-state index contributed by atoms with van der Waals surface area (Å²) < 4.78 is 4.86. The van der Waals surface area contributed by atoms with E-state index in [4.69, 9.17) is 10.5 Å². The van der Waals surface area contributed by atoms with Gasteiger partial charge < -0.3 is 15.4 Å². The van der Waals surface area contributed by atoms with Gasteiger partial charge in [0.25, 0.3) is 0 Å². The zero-order valence-corrected chi connectivity index (χ0v) is 17.9. The van der Waals surface area contributed by atoms with Crippen molar-refractivity contribution in [3.8, 4) is 0 Å². The number of rotatable bonds is 5. The summed E-state index contributed by atoms with van der Waals surface area (Å²) in [6.45, 7) is 8.94. The maximum absolute atomic E-state index is 12.9. The molecule has 2 rings (SSSR count). The van der Waals surface area contributed by atoms with Crippen molar-refractivity contribution in [3.63, 3.8) is 0 Å². The van der Waals surface area contributed by atoms with E-state index in [0.29, 0.717) is 13.0 Å². The maximum Gasteiger partial charge on any atom is 0.328 e. The molecule has 2 fully saturated rings. The van der Waals surface area contributed by atoms with Crippen LogP contribution in [0.1, 0.15) is 53.4 Å². The van der Waals surface area contributed by atoms with Crippen LogP contribution in [-0.2, 0) is 14.3 Å². The van der Waals surface area contributed by atoms with E-state index in [9.17, 15) is 9.59 Å². The van der Waals surface area contributed by atoms with Crippen molar-refractivity contribution < 1.29 is 14.3 Å². The van der Waals surface area contributed by atoms with Crippen molar-refractivity contribution >= 4 is 35.4 Å². The Morgan fingerprint density at radius 3 is 2.16 bits per heavy atom. The van der Waals surface area contributed by atoms with Crippen molar-refractivity contribution in [2.45, 2.75) is 69.5 Å². The average Bonchev–Trinajstić information content (AvgIpc) is 3.22. The Morgan fingerprint density at radius 2 is 1.72 bits per heavy atom. The first-order chi connectivity index (χ1) is 11.9. The first-order valence-electron chi connectivity index (χ1n) is 9.31. The van der Waals surface area contributed by atoms with Gasteiger partial charge in [-0.25, -0.2) is 4.79 Å². The summed E-state index contributed by atoms with van der Waals surface area (Å²) in [5.41, 5.74) is 6.20. The number of ether oxygens (including phenoxy) is 1. The number of nitrogens with zero attached hydrogens (tertiary/aromatic N) is 1. The minimum Gasteiger partial charge on any atom is -0.467 e. The van der Waals surface area contributed by atoms with E-state index < -0.39 is 12.1 Å². The number of nitrogens with two attached hydrogens (primary N) is 1. The molecule has 1 spiro atoms. The standard InChI is InChI=1S/C15H26N2O3S2.C3H8/c1-4-10(5-2)12(16)13(18)17-9-15(21-6-7-22-15)8-11(17)14(19)20-3;1-3-2/h10-12H,4-9,16H2,1-3H3;3H2,1-2H3/t11-,12?;/m0./s1. The molecule has 2 N–H and O–H groups in total. The number of likely N-dealkylation sites (tertiary alicyclic amines) is 1. The van der Waals surface area contributed by atoms with Gasteiger partial charge in [0, 0.05) is 24.5 Å². The van der Waals surface area contributed by atoms with E-state index in [1.807, 2.05) is 37.4 Å². The molecule has 0 aromatic rings. The van der Waals surface area contributed by atoms with Gasteiger partial charge >= 0.3 is 5.97 Å². The molecule has 2 aliphatic rings. The predicted octanol–water partition coefficient (Wildman–Crippen LogP) is 3.12. The van der Waals surface area contributed by atoms with Gasteiger partial charge in [-0.1, -0.05) is 47.0 Å². The van der Waals surface area contributed by atoms with Crippen molar-refractivity contribution in [1.82, 2.24) is 4.90 Å². The molecule has 0 aromatic carbocycles. The van der Waals surface area contributed by atoms with Crippen LogP contribution in [0.4, 0.5) is 0 Å². The van der Waals surface area contributed by atoms with Gasteiger partial charge in [-0.2, -0.15) is 0 Å². The lowest BCUT2D eigenvalue weighted by atomic mass is 9.93. The molecule has 2 saturated heterocycles. The summed E-state index contributed by atoms with van der Waals surface area (Å²) in [6, 6.07) is -1.02. The lowest BCUT2D eigenvalue weighted by molar-refractivity contribution is -0.151. The molecule has 0 bridgehead atoms. The molecule has 146 valence electrons. The molecule has 2 aliphatic heterocycles. The third-order valence-corrected chi connectivity index (χ3v) is 8.13. The van der Waals surface area contributed by atoms with E-state index in [1.54, 1.807) is 4.90 Å². The fourth-order valence-corrected chi connectivity index (χ4v) is 6.57. The minimum atomic E-state index is -0.534. The number of esters is 1. The van der Waals surface area contributed by atoms with Crippen molar-refractivity contribution in [2.24, 2.45) is 11.7 Å². The Hall–Kier alpha value is -0.400. The number of carbonyl (C=O) groups excluding carboxylic acids is 2. The lowest BCUT2D eigenvalue weighted by Gasteiger charge is -2.29. The fraction of sp³-hybridized carbons (Fsp3) is 0.889. The highest BCUT2D eigenvalue weighted by Gasteiger charge is 2.52. The van der Waals surface area contributed by atoms with Gasteiger partial charge in [0.2, 0.25) is 5.91 Å². The summed E-state index contributed by atoms with van der Waals surface area (Å²) in [5.74, 6) is 1.87. The van der Waals surface area contributed by atoms with E-state index in [0.717, 1.165) is 24.3 Å². The van der Waals surface area contributed by atoms with Gasteiger partial charge in [-0.15, -0.1) is 23.5 Å². The van der Waals surface area contributed by atoms with Gasteiger partial charge in [-0.05, 0) is 5.92 Å². The normalized spacial score (nSPS) is 22.7. The summed E-state index contributed by atoms with van der Waals surface area (Å²) in [4.78, 5) is 26.7. The molecule has 0 aliphatic carbocycles. The minimum absolute atomic E-state index is 0.0534. The van der Waals surface area contributed by atoms with Crippen LogP contribution >= 0.6 is 23.5 Å². The molecule has 7 heteroatoms. The first kappa shape index (κ1) is 22.6. The Balaban J connectivity index is 0.000000970. The van der Waals surface area contributed by atoms with Gasteiger partial charge in [-0.3, -0.25) is 4.79 Å². The first-order valence-corrected chi connectivity index (χ1v) is 11.3. The summed E-state index contributed by atoms with van der Waals surface area (Å²) in [5, 5.41) is 0. The van der Waals surface area contributed by atoms with E-state index in [2.05, 4.69) is 13.8 Å². The van der Waals surface area contributed by atoms with E-state index >= 15 is 0 Å². The van der Waals surface area contributed by atoms with Crippen LogP contribution in [0.5, 0.6) is 0 Å². The van der Waals surface area contributed by atoms with E-state index in [-0.39, 0.29) is 21.9 Å². The second kappa shape index (κ2) is 10.7. The van der Waals surface area contributed by atoms with Crippen LogP contribution in [0.3, 0.4) is 0 Å². The average molecular weight is 391 g/mol. The van der Waals surface area contributed by atoms with Crippen LogP contribution in [0.2, 0.25) is 0 Å². The largest absolute Gasteiger partial charge is 0.467 e. The molecule has 0 radical (unpaired) electrons. The molecule has 1 amide bonds. The van der Waals surface area contributed by atoms with E-state index in [1.165, 1.54) is 13.5 Å². The van der Waals surface area contributed by atoms with Crippen molar-refractivity contribution in [3.05, 3.63) is 0 Å². The summed E-state index contributed by atoms with van der Waals surface area (Å²) in [7, 11) is 1.38. The number of carbonyl (C=O) groups is 2. The molecule has 25 heavy (non-hydrogen) atoms. The Morgan fingerprint density at radius 1 is 1.20 bits per heavy atom. The second-order valence-corrected chi connectivity index (χ2v) is 9.84. The van der Waals surface area contributed by atoms with Gasteiger partial charge in [0.15, 0.2) is 0 Å². The number of thioether (sulfide) groups is 2. The molecule has 1 unspecified atom stereocenters. The Bertz CT molecular complexity index is 438. The highest BCUT2D eigenvalue weighted by Crippen LogP contribution is 2.52. The lowest BCUT2D eigenvalue weighted by Crippen LogP contribution is -2.51. The third kappa shape index (κ3) is 5.54. The molecule has 0 saturated carbocycles. The quantitative estimate of drug-likeness (QED) is 0.727. The van der Waals surface area contributed by atoms with Crippen LogP contribution in [0.15, 0.2) is 0 Å². The highest BCUT2D eigenvalue weighted by molar-refractivity contribution is 8.21. The van der Waals surface area contributed by atoms with Gasteiger partial charge in [0.1, 0.15) is 6.04 Å². The maximum atomic E-state index is 12.9.